The van der Waals surface area contributed by atoms with Crippen molar-refractivity contribution in [3.05, 3.63) is 29.8 Å². The van der Waals surface area contributed by atoms with Gasteiger partial charge >= 0.3 is 12.0 Å². The molecule has 0 aliphatic heterocycles. The molecule has 0 bridgehead atoms. The van der Waals surface area contributed by atoms with Gasteiger partial charge in [-0.1, -0.05) is 0 Å². The maximum Gasteiger partial charge on any atom is 0.338 e. The van der Waals surface area contributed by atoms with Crippen LogP contribution in [-0.4, -0.2) is 48.2 Å². The molecule has 0 saturated carbocycles. The summed E-state index contributed by atoms with van der Waals surface area (Å²) in [7, 11) is 3.67. The van der Waals surface area contributed by atoms with Crippen LogP contribution in [0.1, 0.15) is 24.2 Å². The van der Waals surface area contributed by atoms with Crippen molar-refractivity contribution < 1.29 is 14.3 Å². The van der Waals surface area contributed by atoms with Gasteiger partial charge in [-0.25, -0.2) is 4.79 Å². The number of esters is 1. The molecule has 0 unspecified atom stereocenters. The third-order valence-corrected chi connectivity index (χ3v) is 2.91. The molecule has 0 radical (unpaired) electrons. The molecule has 2 aromatic rings. The molecule has 0 aliphatic rings. The number of hydrogen-bond acceptors (Lipinski definition) is 8. The molecule has 1 aromatic heterocycles. The number of carbonyl (C=O) groups is 1. The molecule has 128 valence electrons. The van der Waals surface area contributed by atoms with Crippen LogP contribution in [0.15, 0.2) is 24.3 Å². The number of ether oxygens (including phenoxy) is 2. The first-order valence-corrected chi connectivity index (χ1v) is 7.65. The quantitative estimate of drug-likeness (QED) is 0.773. The number of aromatic nitrogens is 3. The number of nitrogens with zero attached hydrogens (tertiary/aromatic N) is 4. The minimum absolute atomic E-state index is 0.175. The molecule has 0 fully saturated rings. The largest absolute Gasteiger partial charge is 0.462 e. The van der Waals surface area contributed by atoms with Gasteiger partial charge in [-0.3, -0.25) is 0 Å². The fourth-order valence-electron chi connectivity index (χ4n) is 1.81. The molecule has 8 nitrogen and oxygen atoms in total. The van der Waals surface area contributed by atoms with E-state index >= 15 is 0 Å². The Bertz CT molecular complexity index is 689. The lowest BCUT2D eigenvalue weighted by Crippen LogP contribution is -2.15. The fraction of sp³-hybridized carbons (Fsp3) is 0.375. The first-order chi connectivity index (χ1) is 11.5. The van der Waals surface area contributed by atoms with Crippen LogP contribution in [-0.2, 0) is 4.74 Å². The first-order valence-electron chi connectivity index (χ1n) is 7.65. The van der Waals surface area contributed by atoms with Crippen LogP contribution >= 0.6 is 0 Å². The van der Waals surface area contributed by atoms with E-state index in [1.807, 2.05) is 21.0 Å². The monoisotopic (exact) mass is 331 g/mol. The molecule has 0 atom stereocenters. The third kappa shape index (κ3) is 4.55. The van der Waals surface area contributed by atoms with Crippen molar-refractivity contribution in [1.82, 2.24) is 15.0 Å². The summed E-state index contributed by atoms with van der Waals surface area (Å²) in [5, 5.41) is 3.04. The molecule has 1 N–H and O–H groups in total. The van der Waals surface area contributed by atoms with E-state index in [0.717, 1.165) is 0 Å². The predicted molar refractivity (Wildman–Crippen MR) is 90.8 cm³/mol. The number of carbonyl (C=O) groups excluding carboxylic acids is 1. The lowest BCUT2D eigenvalue weighted by molar-refractivity contribution is 0.0526. The molecule has 0 saturated heterocycles. The number of anilines is 2. The van der Waals surface area contributed by atoms with Crippen LogP contribution in [0.5, 0.6) is 11.8 Å². The van der Waals surface area contributed by atoms with Crippen molar-refractivity contribution >= 4 is 17.9 Å². The average Bonchev–Trinajstić information content (AvgIpc) is 2.56. The number of benzene rings is 1. The van der Waals surface area contributed by atoms with E-state index in [1.54, 1.807) is 36.1 Å². The van der Waals surface area contributed by atoms with Gasteiger partial charge < -0.3 is 19.7 Å². The lowest BCUT2D eigenvalue weighted by Gasteiger charge is -2.13. The van der Waals surface area contributed by atoms with Gasteiger partial charge in [0, 0.05) is 20.6 Å². The highest BCUT2D eigenvalue weighted by molar-refractivity contribution is 5.89. The van der Waals surface area contributed by atoms with Crippen LogP contribution in [0.4, 0.5) is 11.9 Å². The lowest BCUT2D eigenvalue weighted by atomic mass is 10.2. The molecular formula is C16H21N5O3. The Kier molecular flexibility index (Phi) is 5.89. The van der Waals surface area contributed by atoms with E-state index in [9.17, 15) is 4.79 Å². The highest BCUT2D eigenvalue weighted by Gasteiger charge is 2.11. The van der Waals surface area contributed by atoms with E-state index in [0.29, 0.717) is 36.4 Å². The van der Waals surface area contributed by atoms with Crippen molar-refractivity contribution in [1.29, 1.82) is 0 Å². The fourth-order valence-corrected chi connectivity index (χ4v) is 1.81. The number of hydrogen-bond donors (Lipinski definition) is 1. The van der Waals surface area contributed by atoms with E-state index in [-0.39, 0.29) is 12.0 Å². The summed E-state index contributed by atoms with van der Waals surface area (Å²) in [6.45, 7) is 4.74. The Labute approximate surface area is 140 Å². The third-order valence-electron chi connectivity index (χ3n) is 2.91. The Morgan fingerprint density at radius 1 is 1.12 bits per heavy atom. The van der Waals surface area contributed by atoms with Gasteiger partial charge in [0.05, 0.1) is 12.2 Å². The summed E-state index contributed by atoms with van der Waals surface area (Å²) >= 11 is 0. The normalized spacial score (nSPS) is 10.2. The summed E-state index contributed by atoms with van der Waals surface area (Å²) in [6, 6.07) is 6.77. The second-order valence-electron chi connectivity index (χ2n) is 5.01. The first kappa shape index (κ1) is 17.5. The zero-order chi connectivity index (χ0) is 17.5. The van der Waals surface area contributed by atoms with Crippen LogP contribution in [0.2, 0.25) is 0 Å². The molecule has 0 aliphatic carbocycles. The van der Waals surface area contributed by atoms with Gasteiger partial charge in [0.25, 0.3) is 0 Å². The molecule has 2 rings (SSSR count). The highest BCUT2D eigenvalue weighted by atomic mass is 16.5. The molecule has 0 spiro atoms. The van der Waals surface area contributed by atoms with Gasteiger partial charge in [0.2, 0.25) is 11.9 Å². The standard InChI is InChI=1S/C16H21N5O3/c1-5-17-14-18-15(21(3)4)20-16(19-14)24-12-9-7-11(8-10-12)13(22)23-6-2/h7-10H,5-6H2,1-4H3,(H,17,18,19,20). The molecule has 8 heteroatoms. The Hall–Kier alpha value is -2.90. The van der Waals surface area contributed by atoms with Crippen molar-refractivity contribution in [2.24, 2.45) is 0 Å². The van der Waals surface area contributed by atoms with E-state index in [4.69, 9.17) is 9.47 Å². The van der Waals surface area contributed by atoms with Crippen LogP contribution < -0.4 is 15.0 Å². The van der Waals surface area contributed by atoms with Gasteiger partial charge in [-0.05, 0) is 38.1 Å². The maximum atomic E-state index is 11.6. The predicted octanol–water partition coefficient (Wildman–Crippen LogP) is 2.34. The highest BCUT2D eigenvalue weighted by Crippen LogP contribution is 2.21. The maximum absolute atomic E-state index is 11.6. The SMILES string of the molecule is CCNc1nc(Oc2ccc(C(=O)OCC)cc2)nc(N(C)C)n1. The Morgan fingerprint density at radius 3 is 2.42 bits per heavy atom. The minimum atomic E-state index is -0.367. The molecular weight excluding hydrogens is 310 g/mol. The van der Waals surface area contributed by atoms with E-state index in [1.165, 1.54) is 0 Å². The van der Waals surface area contributed by atoms with Gasteiger partial charge in [-0.15, -0.1) is 0 Å². The molecule has 1 aromatic carbocycles. The second kappa shape index (κ2) is 8.09. The van der Waals surface area contributed by atoms with E-state index in [2.05, 4.69) is 20.3 Å². The summed E-state index contributed by atoms with van der Waals surface area (Å²) in [6.07, 6.45) is 0. The van der Waals surface area contributed by atoms with Crippen LogP contribution in [0.3, 0.4) is 0 Å². The number of rotatable bonds is 7. The second-order valence-corrected chi connectivity index (χ2v) is 5.01. The molecule has 1 heterocycles. The van der Waals surface area contributed by atoms with Crippen molar-refractivity contribution in [2.75, 3.05) is 37.5 Å². The van der Waals surface area contributed by atoms with Crippen LogP contribution in [0, 0.1) is 0 Å². The van der Waals surface area contributed by atoms with Gasteiger partial charge in [0.15, 0.2) is 0 Å². The average molecular weight is 331 g/mol. The molecule has 24 heavy (non-hydrogen) atoms. The summed E-state index contributed by atoms with van der Waals surface area (Å²) in [5.74, 6) is 1.07. The van der Waals surface area contributed by atoms with E-state index < -0.39 is 0 Å². The topological polar surface area (TPSA) is 89.5 Å². The zero-order valence-corrected chi connectivity index (χ0v) is 14.2. The van der Waals surface area contributed by atoms with Crippen molar-refractivity contribution in [2.45, 2.75) is 13.8 Å². The van der Waals surface area contributed by atoms with Gasteiger partial charge in [-0.2, -0.15) is 15.0 Å². The van der Waals surface area contributed by atoms with Crippen molar-refractivity contribution in [3.63, 3.8) is 0 Å². The molecule has 0 amide bonds. The summed E-state index contributed by atoms with van der Waals surface area (Å²) in [5.41, 5.74) is 0.460. The summed E-state index contributed by atoms with van der Waals surface area (Å²) < 4.78 is 10.6. The summed E-state index contributed by atoms with van der Waals surface area (Å²) in [4.78, 5) is 26.1. The number of nitrogens with one attached hydrogen (secondary N) is 1. The van der Waals surface area contributed by atoms with Gasteiger partial charge in [0.1, 0.15) is 5.75 Å². The Balaban J connectivity index is 2.19. The zero-order valence-electron chi connectivity index (χ0n) is 14.2. The Morgan fingerprint density at radius 2 is 1.83 bits per heavy atom. The minimum Gasteiger partial charge on any atom is -0.462 e. The van der Waals surface area contributed by atoms with Crippen LogP contribution in [0.25, 0.3) is 0 Å². The smallest absolute Gasteiger partial charge is 0.338 e. The van der Waals surface area contributed by atoms with Crippen molar-refractivity contribution in [3.8, 4) is 11.8 Å².